The lowest BCUT2D eigenvalue weighted by atomic mass is 9.86. The Morgan fingerprint density at radius 3 is 2.85 bits per heavy atom. The molecule has 0 saturated heterocycles. The molecule has 0 aromatic heterocycles. The number of phenolic OH excluding ortho intramolecular Hbond substituents is 1. The highest BCUT2D eigenvalue weighted by molar-refractivity contribution is 5.86. The first-order valence-electron chi connectivity index (χ1n) is 6.47. The molecule has 5 heteroatoms. The summed E-state index contributed by atoms with van der Waals surface area (Å²) in [5.74, 6) is -0.776. The van der Waals surface area contributed by atoms with E-state index < -0.39 is 11.8 Å². The summed E-state index contributed by atoms with van der Waals surface area (Å²) in [6.45, 7) is 3.86. The van der Waals surface area contributed by atoms with E-state index in [0.717, 1.165) is 11.1 Å². The summed E-state index contributed by atoms with van der Waals surface area (Å²) < 4.78 is 16.6. The van der Waals surface area contributed by atoms with E-state index in [1.807, 2.05) is 13.8 Å². The molecule has 0 amide bonds. The maximum absolute atomic E-state index is 11.6. The fourth-order valence-corrected chi connectivity index (χ4v) is 2.88. The zero-order chi connectivity index (χ0) is 14.5. The highest BCUT2D eigenvalue weighted by Gasteiger charge is 2.54. The lowest BCUT2D eigenvalue weighted by Gasteiger charge is -2.40. The van der Waals surface area contributed by atoms with E-state index in [-0.39, 0.29) is 11.7 Å². The highest BCUT2D eigenvalue weighted by Crippen LogP contribution is 2.46. The van der Waals surface area contributed by atoms with Gasteiger partial charge in [0.25, 0.3) is 0 Å². The number of esters is 1. The molecule has 20 heavy (non-hydrogen) atoms. The van der Waals surface area contributed by atoms with E-state index >= 15 is 0 Å². The molecule has 1 aromatic rings. The number of hydrogen-bond donors (Lipinski definition) is 1. The van der Waals surface area contributed by atoms with Crippen LogP contribution in [-0.2, 0) is 20.7 Å². The molecule has 5 nitrogen and oxygen atoms in total. The summed E-state index contributed by atoms with van der Waals surface area (Å²) in [7, 11) is 1.48. The van der Waals surface area contributed by atoms with Crippen molar-refractivity contribution in [3.63, 3.8) is 0 Å². The summed E-state index contributed by atoms with van der Waals surface area (Å²) in [5, 5.41) is 9.71. The van der Waals surface area contributed by atoms with Crippen molar-refractivity contribution in [3.05, 3.63) is 35.1 Å². The Kier molecular flexibility index (Phi) is 2.67. The van der Waals surface area contributed by atoms with Gasteiger partial charge in [-0.1, -0.05) is 6.92 Å². The molecule has 0 fully saturated rings. The molecule has 3 rings (SSSR count). The van der Waals surface area contributed by atoms with Crippen LogP contribution < -0.4 is 4.74 Å². The van der Waals surface area contributed by atoms with Crippen LogP contribution in [0.4, 0.5) is 0 Å². The Morgan fingerprint density at radius 2 is 2.15 bits per heavy atom. The van der Waals surface area contributed by atoms with Gasteiger partial charge >= 0.3 is 11.8 Å². The SMILES string of the molecule is COC1=CC(=O)O[C@]12Oc1cc(O)cc(C)c1C[C@H]2C. The van der Waals surface area contributed by atoms with Gasteiger partial charge in [0.1, 0.15) is 11.5 Å². The van der Waals surface area contributed by atoms with Crippen molar-refractivity contribution in [2.45, 2.75) is 26.1 Å². The Balaban J connectivity index is 2.09. The largest absolute Gasteiger partial charge is 0.508 e. The molecule has 106 valence electrons. The van der Waals surface area contributed by atoms with Gasteiger partial charge in [-0.05, 0) is 30.5 Å². The summed E-state index contributed by atoms with van der Waals surface area (Å²) in [4.78, 5) is 11.6. The van der Waals surface area contributed by atoms with Crippen molar-refractivity contribution in [3.8, 4) is 11.5 Å². The third-order valence-electron chi connectivity index (χ3n) is 3.90. The minimum Gasteiger partial charge on any atom is -0.508 e. The maximum Gasteiger partial charge on any atom is 0.338 e. The number of rotatable bonds is 1. The number of phenols is 1. The third kappa shape index (κ3) is 1.66. The molecule has 1 N–H and O–H groups in total. The molecule has 0 unspecified atom stereocenters. The number of aromatic hydroxyl groups is 1. The molecule has 1 spiro atoms. The molecular formula is C15H16O5. The molecule has 1 aromatic carbocycles. The third-order valence-corrected chi connectivity index (χ3v) is 3.90. The van der Waals surface area contributed by atoms with Crippen molar-refractivity contribution < 1.29 is 24.1 Å². The lowest BCUT2D eigenvalue weighted by Crippen LogP contribution is -2.49. The lowest BCUT2D eigenvalue weighted by molar-refractivity contribution is -0.201. The summed E-state index contributed by atoms with van der Waals surface area (Å²) >= 11 is 0. The first-order valence-corrected chi connectivity index (χ1v) is 6.47. The second kappa shape index (κ2) is 4.16. The predicted octanol–water partition coefficient (Wildman–Crippen LogP) is 2.06. The van der Waals surface area contributed by atoms with Crippen LogP contribution >= 0.6 is 0 Å². The van der Waals surface area contributed by atoms with Crippen LogP contribution in [0.2, 0.25) is 0 Å². The van der Waals surface area contributed by atoms with Crippen molar-refractivity contribution in [1.29, 1.82) is 0 Å². The number of carbonyl (C=O) groups is 1. The van der Waals surface area contributed by atoms with Crippen LogP contribution in [0, 0.1) is 12.8 Å². The standard InChI is InChI=1S/C15H16O5/c1-8-4-10(16)6-12-11(8)5-9(2)15(19-12)13(18-3)7-14(17)20-15/h4,6-7,9,16H,5H2,1-3H3/t9-,15+/m1/s1. The Labute approximate surface area is 116 Å². The van der Waals surface area contributed by atoms with Gasteiger partial charge in [-0.25, -0.2) is 4.79 Å². The van der Waals surface area contributed by atoms with Crippen LogP contribution in [0.1, 0.15) is 18.1 Å². The molecule has 2 aliphatic rings. The van der Waals surface area contributed by atoms with Crippen molar-refractivity contribution in [2.24, 2.45) is 5.92 Å². The Morgan fingerprint density at radius 1 is 1.40 bits per heavy atom. The van der Waals surface area contributed by atoms with Gasteiger partial charge in [0, 0.05) is 12.0 Å². The molecule has 0 bridgehead atoms. The monoisotopic (exact) mass is 276 g/mol. The van der Waals surface area contributed by atoms with Crippen molar-refractivity contribution >= 4 is 5.97 Å². The number of hydrogen-bond acceptors (Lipinski definition) is 5. The molecule has 0 saturated carbocycles. The van der Waals surface area contributed by atoms with Gasteiger partial charge in [0.2, 0.25) is 0 Å². The maximum atomic E-state index is 11.6. The Bertz CT molecular complexity index is 619. The topological polar surface area (TPSA) is 65.0 Å². The zero-order valence-corrected chi connectivity index (χ0v) is 11.6. The van der Waals surface area contributed by atoms with Gasteiger partial charge in [0.05, 0.1) is 13.2 Å². The molecule has 0 aliphatic carbocycles. The minimum atomic E-state index is -1.22. The number of benzene rings is 1. The first kappa shape index (κ1) is 12.8. The normalized spacial score (nSPS) is 27.6. The van der Waals surface area contributed by atoms with E-state index in [4.69, 9.17) is 14.2 Å². The second-order valence-electron chi connectivity index (χ2n) is 5.25. The highest BCUT2D eigenvalue weighted by atomic mass is 16.7. The van der Waals surface area contributed by atoms with Gasteiger partial charge < -0.3 is 19.3 Å². The number of carbonyl (C=O) groups excluding carboxylic acids is 1. The van der Waals surface area contributed by atoms with E-state index in [0.29, 0.717) is 17.9 Å². The van der Waals surface area contributed by atoms with Crippen LogP contribution in [0.25, 0.3) is 0 Å². The van der Waals surface area contributed by atoms with Crippen molar-refractivity contribution in [2.75, 3.05) is 7.11 Å². The predicted molar refractivity (Wildman–Crippen MR) is 70.3 cm³/mol. The molecular weight excluding hydrogens is 260 g/mol. The molecule has 2 heterocycles. The fraction of sp³-hybridized carbons (Fsp3) is 0.400. The minimum absolute atomic E-state index is 0.0871. The van der Waals surface area contributed by atoms with Crippen molar-refractivity contribution in [1.82, 2.24) is 0 Å². The summed E-state index contributed by atoms with van der Waals surface area (Å²) in [6, 6.07) is 3.23. The van der Waals surface area contributed by atoms with E-state index in [9.17, 15) is 9.90 Å². The fourth-order valence-electron chi connectivity index (χ4n) is 2.88. The zero-order valence-electron chi connectivity index (χ0n) is 11.6. The molecule has 2 atom stereocenters. The average molecular weight is 276 g/mol. The van der Waals surface area contributed by atoms with Crippen LogP contribution in [0.15, 0.2) is 24.0 Å². The Hall–Kier alpha value is -2.17. The van der Waals surface area contributed by atoms with Crippen LogP contribution in [0.3, 0.4) is 0 Å². The van der Waals surface area contributed by atoms with E-state index in [1.54, 1.807) is 6.07 Å². The average Bonchev–Trinajstić information content (AvgIpc) is 2.69. The number of methoxy groups -OCH3 is 1. The number of ether oxygens (including phenoxy) is 3. The summed E-state index contributed by atoms with van der Waals surface area (Å²) in [5.41, 5.74) is 1.97. The summed E-state index contributed by atoms with van der Waals surface area (Å²) in [6.07, 6.45) is 1.98. The van der Waals surface area contributed by atoms with Gasteiger partial charge in [0.15, 0.2) is 5.76 Å². The first-order chi connectivity index (χ1) is 9.46. The van der Waals surface area contributed by atoms with Gasteiger partial charge in [-0.15, -0.1) is 0 Å². The van der Waals surface area contributed by atoms with Crippen LogP contribution in [0.5, 0.6) is 11.5 Å². The smallest absolute Gasteiger partial charge is 0.338 e. The quantitative estimate of drug-likeness (QED) is 0.795. The second-order valence-corrected chi connectivity index (χ2v) is 5.25. The van der Waals surface area contributed by atoms with Gasteiger partial charge in [-0.3, -0.25) is 0 Å². The van der Waals surface area contributed by atoms with Gasteiger partial charge in [-0.2, -0.15) is 0 Å². The molecule has 0 radical (unpaired) electrons. The number of fused-ring (bicyclic) bond motifs is 1. The number of aryl methyl sites for hydroxylation is 1. The van der Waals surface area contributed by atoms with Crippen LogP contribution in [-0.4, -0.2) is 24.0 Å². The van der Waals surface area contributed by atoms with E-state index in [2.05, 4.69) is 0 Å². The molecule has 2 aliphatic heterocycles. The van der Waals surface area contributed by atoms with E-state index in [1.165, 1.54) is 19.3 Å².